The highest BCUT2D eigenvalue weighted by atomic mass is 16.5. The van der Waals surface area contributed by atoms with Crippen molar-refractivity contribution in [1.82, 2.24) is 15.5 Å². The Morgan fingerprint density at radius 1 is 1.03 bits per heavy atom. The molecule has 168 valence electrons. The largest absolute Gasteiger partial charge is 0.497 e. The Morgan fingerprint density at radius 2 is 1.68 bits per heavy atom. The second-order valence-corrected chi connectivity index (χ2v) is 7.49. The van der Waals surface area contributed by atoms with Crippen LogP contribution in [0.3, 0.4) is 0 Å². The normalized spacial score (nSPS) is 12.2. The summed E-state index contributed by atoms with van der Waals surface area (Å²) < 4.78 is 5.22. The maximum absolute atomic E-state index is 12.4. The number of amides is 1. The molecule has 0 spiro atoms. The molecule has 0 radical (unpaired) electrons. The Labute approximate surface area is 186 Å². The lowest BCUT2D eigenvalue weighted by Gasteiger charge is -2.18. The van der Waals surface area contributed by atoms with Crippen molar-refractivity contribution in [3.05, 3.63) is 65.2 Å². The molecule has 0 aromatic heterocycles. The van der Waals surface area contributed by atoms with Crippen molar-refractivity contribution < 1.29 is 9.53 Å². The van der Waals surface area contributed by atoms with Crippen LogP contribution in [0, 0.1) is 0 Å². The molecular weight excluding hydrogens is 388 g/mol. The Kier molecular flexibility index (Phi) is 9.88. The Balaban J connectivity index is 1.79. The SMILES string of the molecule is CCN(CC)C(=O)c1ccc(CNC(=NC)NCCC(C)c2ccc(OC)cc2)cc1. The predicted molar refractivity (Wildman–Crippen MR) is 128 cm³/mol. The molecular formula is C25H36N4O2. The lowest BCUT2D eigenvalue weighted by atomic mass is 9.98. The van der Waals surface area contributed by atoms with Crippen LogP contribution in [0.1, 0.15) is 54.6 Å². The fourth-order valence-electron chi connectivity index (χ4n) is 3.37. The number of hydrogen-bond acceptors (Lipinski definition) is 3. The van der Waals surface area contributed by atoms with E-state index in [1.165, 1.54) is 5.56 Å². The minimum absolute atomic E-state index is 0.0768. The third kappa shape index (κ3) is 7.31. The van der Waals surface area contributed by atoms with Crippen LogP contribution >= 0.6 is 0 Å². The van der Waals surface area contributed by atoms with Gasteiger partial charge in [-0.2, -0.15) is 0 Å². The summed E-state index contributed by atoms with van der Waals surface area (Å²) >= 11 is 0. The van der Waals surface area contributed by atoms with E-state index < -0.39 is 0 Å². The number of guanidine groups is 1. The van der Waals surface area contributed by atoms with E-state index in [-0.39, 0.29) is 5.91 Å². The van der Waals surface area contributed by atoms with Crippen LogP contribution in [-0.2, 0) is 6.54 Å². The molecule has 0 fully saturated rings. The van der Waals surface area contributed by atoms with Gasteiger partial charge in [0.25, 0.3) is 5.91 Å². The van der Waals surface area contributed by atoms with E-state index >= 15 is 0 Å². The van der Waals surface area contributed by atoms with Crippen molar-refractivity contribution in [1.29, 1.82) is 0 Å². The third-order valence-corrected chi connectivity index (χ3v) is 5.49. The maximum Gasteiger partial charge on any atom is 0.253 e. The minimum atomic E-state index is 0.0768. The molecule has 2 aromatic rings. The summed E-state index contributed by atoms with van der Waals surface area (Å²) in [4.78, 5) is 18.5. The lowest BCUT2D eigenvalue weighted by molar-refractivity contribution is 0.0773. The zero-order chi connectivity index (χ0) is 22.6. The molecule has 2 N–H and O–H groups in total. The van der Waals surface area contributed by atoms with Gasteiger partial charge in [-0.1, -0.05) is 31.2 Å². The molecule has 1 atom stereocenters. The van der Waals surface area contributed by atoms with Crippen LogP contribution in [-0.4, -0.2) is 50.6 Å². The summed E-state index contributed by atoms with van der Waals surface area (Å²) in [5, 5.41) is 6.71. The summed E-state index contributed by atoms with van der Waals surface area (Å²) in [6.07, 6.45) is 0.995. The van der Waals surface area contributed by atoms with E-state index in [4.69, 9.17) is 4.74 Å². The highest BCUT2D eigenvalue weighted by Gasteiger charge is 2.12. The molecule has 1 amide bonds. The number of benzene rings is 2. The molecule has 0 saturated carbocycles. The van der Waals surface area contributed by atoms with Crippen LogP contribution in [0.4, 0.5) is 0 Å². The minimum Gasteiger partial charge on any atom is -0.497 e. The summed E-state index contributed by atoms with van der Waals surface area (Å²) in [7, 11) is 3.45. The van der Waals surface area contributed by atoms with E-state index in [9.17, 15) is 4.79 Å². The van der Waals surface area contributed by atoms with Crippen molar-refractivity contribution in [3.63, 3.8) is 0 Å². The summed E-state index contributed by atoms with van der Waals surface area (Å²) in [5.41, 5.74) is 3.12. The fourth-order valence-corrected chi connectivity index (χ4v) is 3.37. The average molecular weight is 425 g/mol. The van der Waals surface area contributed by atoms with Crippen molar-refractivity contribution in [3.8, 4) is 5.75 Å². The van der Waals surface area contributed by atoms with Gasteiger partial charge in [0.2, 0.25) is 0 Å². The molecule has 6 nitrogen and oxygen atoms in total. The predicted octanol–water partition coefficient (Wildman–Crippen LogP) is 4.04. The van der Waals surface area contributed by atoms with Gasteiger partial charge in [0.1, 0.15) is 5.75 Å². The van der Waals surface area contributed by atoms with E-state index in [1.54, 1.807) is 14.2 Å². The number of hydrogen-bond donors (Lipinski definition) is 2. The summed E-state index contributed by atoms with van der Waals surface area (Å²) in [6, 6.07) is 16.0. The zero-order valence-corrected chi connectivity index (χ0v) is 19.4. The molecule has 0 aliphatic heterocycles. The first-order valence-electron chi connectivity index (χ1n) is 11.0. The monoisotopic (exact) mass is 424 g/mol. The molecule has 0 aliphatic rings. The molecule has 2 rings (SSSR count). The topological polar surface area (TPSA) is 66.0 Å². The second kappa shape index (κ2) is 12.6. The van der Waals surface area contributed by atoms with Gasteiger partial charge >= 0.3 is 0 Å². The van der Waals surface area contributed by atoms with Gasteiger partial charge in [0.05, 0.1) is 7.11 Å². The highest BCUT2D eigenvalue weighted by Crippen LogP contribution is 2.21. The number of methoxy groups -OCH3 is 1. The van der Waals surface area contributed by atoms with E-state index in [2.05, 4.69) is 34.7 Å². The van der Waals surface area contributed by atoms with Crippen LogP contribution in [0.2, 0.25) is 0 Å². The van der Waals surface area contributed by atoms with E-state index in [0.717, 1.165) is 48.9 Å². The Hall–Kier alpha value is -3.02. The van der Waals surface area contributed by atoms with Gasteiger partial charge in [-0.3, -0.25) is 9.79 Å². The van der Waals surface area contributed by atoms with Crippen LogP contribution < -0.4 is 15.4 Å². The molecule has 1 unspecified atom stereocenters. The third-order valence-electron chi connectivity index (χ3n) is 5.49. The first kappa shape index (κ1) is 24.3. The second-order valence-electron chi connectivity index (χ2n) is 7.49. The van der Waals surface area contributed by atoms with Crippen LogP contribution in [0.15, 0.2) is 53.5 Å². The number of carbonyl (C=O) groups is 1. The Morgan fingerprint density at radius 3 is 2.23 bits per heavy atom. The number of aliphatic imine (C=N–C) groups is 1. The number of nitrogens with zero attached hydrogens (tertiary/aromatic N) is 2. The van der Waals surface area contributed by atoms with Crippen LogP contribution in [0.5, 0.6) is 5.75 Å². The molecule has 2 aromatic carbocycles. The van der Waals surface area contributed by atoms with Crippen molar-refractivity contribution in [2.45, 2.75) is 39.7 Å². The summed E-state index contributed by atoms with van der Waals surface area (Å²) in [6.45, 7) is 9.12. The number of nitrogens with one attached hydrogen (secondary N) is 2. The zero-order valence-electron chi connectivity index (χ0n) is 19.4. The van der Waals surface area contributed by atoms with Gasteiger partial charge in [-0.05, 0) is 61.6 Å². The van der Waals surface area contributed by atoms with Gasteiger partial charge in [0, 0.05) is 38.8 Å². The quantitative estimate of drug-likeness (QED) is 0.446. The van der Waals surface area contributed by atoms with Crippen molar-refractivity contribution in [2.75, 3.05) is 33.8 Å². The molecule has 6 heteroatoms. The summed E-state index contributed by atoms with van der Waals surface area (Å²) in [5.74, 6) is 2.16. The van der Waals surface area contributed by atoms with Gasteiger partial charge < -0.3 is 20.3 Å². The van der Waals surface area contributed by atoms with Crippen LogP contribution in [0.25, 0.3) is 0 Å². The first-order chi connectivity index (χ1) is 15.0. The molecule has 0 aliphatic carbocycles. The van der Waals surface area contributed by atoms with Crippen molar-refractivity contribution >= 4 is 11.9 Å². The van der Waals surface area contributed by atoms with Crippen molar-refractivity contribution in [2.24, 2.45) is 4.99 Å². The van der Waals surface area contributed by atoms with E-state index in [1.807, 2.05) is 55.1 Å². The smallest absolute Gasteiger partial charge is 0.253 e. The standard InChI is InChI=1S/C25H36N4O2/c1-6-29(7-2)24(30)22-10-8-20(9-11-22)18-28-25(26-4)27-17-16-19(3)21-12-14-23(31-5)15-13-21/h8-15,19H,6-7,16-18H2,1-5H3,(H2,26,27,28). The highest BCUT2D eigenvalue weighted by molar-refractivity contribution is 5.94. The Bertz CT molecular complexity index is 828. The molecule has 0 saturated heterocycles. The van der Waals surface area contributed by atoms with Gasteiger partial charge in [0.15, 0.2) is 5.96 Å². The fraction of sp³-hybridized carbons (Fsp3) is 0.440. The number of carbonyl (C=O) groups excluding carboxylic acids is 1. The lowest BCUT2D eigenvalue weighted by Crippen LogP contribution is -2.37. The molecule has 0 bridgehead atoms. The van der Waals surface area contributed by atoms with E-state index in [0.29, 0.717) is 12.5 Å². The molecule has 31 heavy (non-hydrogen) atoms. The molecule has 0 heterocycles. The maximum atomic E-state index is 12.4. The average Bonchev–Trinajstić information content (AvgIpc) is 2.82. The first-order valence-corrected chi connectivity index (χ1v) is 11.0. The number of ether oxygens (including phenoxy) is 1. The number of rotatable bonds is 10. The van der Waals surface area contributed by atoms with Gasteiger partial charge in [-0.25, -0.2) is 0 Å². The van der Waals surface area contributed by atoms with Gasteiger partial charge in [-0.15, -0.1) is 0 Å².